The lowest BCUT2D eigenvalue weighted by Crippen LogP contribution is -2.37. The second-order valence-electron chi connectivity index (χ2n) is 4.38. The summed E-state index contributed by atoms with van der Waals surface area (Å²) in [5, 5.41) is 4.24. The molecule has 0 aliphatic carbocycles. The molecule has 4 nitrogen and oxygen atoms in total. The average molecular weight is 288 g/mol. The smallest absolute Gasteiger partial charge is 0.155 e. The fourth-order valence-electron chi connectivity index (χ4n) is 1.53. The van der Waals surface area contributed by atoms with Crippen LogP contribution in [0.1, 0.15) is 25.2 Å². The van der Waals surface area contributed by atoms with Crippen molar-refractivity contribution in [2.45, 2.75) is 33.2 Å². The summed E-state index contributed by atoms with van der Waals surface area (Å²) in [5.41, 5.74) is 7.60. The second-order valence-corrected chi connectivity index (χ2v) is 5.18. The Morgan fingerprint density at radius 1 is 1.56 bits per heavy atom. The first-order chi connectivity index (χ1) is 7.34. The summed E-state index contributed by atoms with van der Waals surface area (Å²) in [6.07, 6.45) is 0.331. The zero-order valence-corrected chi connectivity index (χ0v) is 11.7. The van der Waals surface area contributed by atoms with Crippen molar-refractivity contribution in [3.63, 3.8) is 0 Å². The molecule has 1 aromatic heterocycles. The van der Waals surface area contributed by atoms with E-state index in [2.05, 4.69) is 21.0 Å². The molecule has 0 saturated carbocycles. The molecule has 0 spiro atoms. The number of aryl methyl sites for hydroxylation is 2. The number of nitrogens with two attached hydrogens (primary N) is 1. The van der Waals surface area contributed by atoms with Gasteiger partial charge in [-0.15, -0.1) is 0 Å². The molecule has 2 N–H and O–H groups in total. The van der Waals surface area contributed by atoms with Gasteiger partial charge in [-0.25, -0.2) is 0 Å². The summed E-state index contributed by atoms with van der Waals surface area (Å²) in [7, 11) is 1.83. The molecule has 0 amide bonds. The minimum atomic E-state index is -0.401. The van der Waals surface area contributed by atoms with Gasteiger partial charge in [-0.2, -0.15) is 5.10 Å². The summed E-state index contributed by atoms with van der Waals surface area (Å²) >= 11 is 3.44. The Kier molecular flexibility index (Phi) is 4.27. The zero-order chi connectivity index (χ0) is 12.5. The van der Waals surface area contributed by atoms with Crippen molar-refractivity contribution in [2.24, 2.45) is 18.7 Å². The van der Waals surface area contributed by atoms with Crippen LogP contribution in [-0.4, -0.2) is 21.6 Å². The molecular formula is C11H18BrN3O. The van der Waals surface area contributed by atoms with Crippen molar-refractivity contribution in [1.82, 2.24) is 9.78 Å². The van der Waals surface area contributed by atoms with Gasteiger partial charge in [0.2, 0.25) is 0 Å². The summed E-state index contributed by atoms with van der Waals surface area (Å²) in [4.78, 5) is 11.9. The molecule has 1 aromatic rings. The molecule has 1 heterocycles. The highest BCUT2D eigenvalue weighted by atomic mass is 79.9. The van der Waals surface area contributed by atoms with Crippen LogP contribution in [0.15, 0.2) is 4.47 Å². The Balaban J connectivity index is 2.85. The third-order valence-electron chi connectivity index (χ3n) is 2.69. The Morgan fingerprint density at radius 3 is 2.50 bits per heavy atom. The predicted molar refractivity (Wildman–Crippen MR) is 67.2 cm³/mol. The zero-order valence-electron chi connectivity index (χ0n) is 10.1. The minimum Gasteiger partial charge on any atom is -0.321 e. The van der Waals surface area contributed by atoms with Crippen molar-refractivity contribution in [1.29, 1.82) is 0 Å². The van der Waals surface area contributed by atoms with Gasteiger partial charge in [-0.1, -0.05) is 13.8 Å². The first-order valence-electron chi connectivity index (χ1n) is 5.30. The van der Waals surface area contributed by atoms with Crippen molar-refractivity contribution in [3.8, 4) is 0 Å². The van der Waals surface area contributed by atoms with Crippen LogP contribution in [0.5, 0.6) is 0 Å². The molecule has 5 heteroatoms. The van der Waals surface area contributed by atoms with Gasteiger partial charge >= 0.3 is 0 Å². The topological polar surface area (TPSA) is 60.9 Å². The SMILES string of the molecule is Cc1nn(C)c(CC(=O)C(N)C(C)C)c1Br. The quantitative estimate of drug-likeness (QED) is 0.915. The summed E-state index contributed by atoms with van der Waals surface area (Å²) in [6, 6.07) is -0.401. The Labute approximate surface area is 104 Å². The van der Waals surface area contributed by atoms with Gasteiger partial charge in [-0.05, 0) is 28.8 Å². The van der Waals surface area contributed by atoms with Gasteiger partial charge in [0.05, 0.1) is 28.3 Å². The maximum atomic E-state index is 11.9. The van der Waals surface area contributed by atoms with E-state index in [1.54, 1.807) is 4.68 Å². The van der Waals surface area contributed by atoms with Crippen LogP contribution in [-0.2, 0) is 18.3 Å². The molecule has 1 atom stereocenters. The first-order valence-corrected chi connectivity index (χ1v) is 6.10. The van der Waals surface area contributed by atoms with Gasteiger partial charge in [0, 0.05) is 7.05 Å². The highest BCUT2D eigenvalue weighted by Crippen LogP contribution is 2.21. The molecule has 90 valence electrons. The van der Waals surface area contributed by atoms with E-state index in [0.717, 1.165) is 15.9 Å². The van der Waals surface area contributed by atoms with E-state index in [4.69, 9.17) is 5.73 Å². The van der Waals surface area contributed by atoms with E-state index in [0.29, 0.717) is 6.42 Å². The molecule has 0 bridgehead atoms. The molecule has 0 fully saturated rings. The fourth-order valence-corrected chi connectivity index (χ4v) is 2.00. The van der Waals surface area contributed by atoms with Crippen LogP contribution in [0.2, 0.25) is 0 Å². The highest BCUT2D eigenvalue weighted by molar-refractivity contribution is 9.10. The molecule has 0 aliphatic rings. The number of rotatable bonds is 4. The van der Waals surface area contributed by atoms with E-state index in [9.17, 15) is 4.79 Å². The molecule has 1 rings (SSSR count). The number of nitrogens with zero attached hydrogens (tertiary/aromatic N) is 2. The van der Waals surface area contributed by atoms with Gasteiger partial charge in [-0.3, -0.25) is 9.48 Å². The number of halogens is 1. The van der Waals surface area contributed by atoms with E-state index in [1.165, 1.54) is 0 Å². The predicted octanol–water partition coefficient (Wildman–Crippen LogP) is 1.59. The normalized spacial score (nSPS) is 13.2. The third kappa shape index (κ3) is 2.71. The fraction of sp³-hybridized carbons (Fsp3) is 0.636. The van der Waals surface area contributed by atoms with Crippen molar-refractivity contribution < 1.29 is 4.79 Å². The Morgan fingerprint density at radius 2 is 2.12 bits per heavy atom. The van der Waals surface area contributed by atoms with Gasteiger partial charge < -0.3 is 5.73 Å². The van der Waals surface area contributed by atoms with Gasteiger partial charge in [0.25, 0.3) is 0 Å². The van der Waals surface area contributed by atoms with Gasteiger partial charge in [0.1, 0.15) is 0 Å². The number of hydrogen-bond acceptors (Lipinski definition) is 3. The molecule has 16 heavy (non-hydrogen) atoms. The Hall–Kier alpha value is -0.680. The summed E-state index contributed by atoms with van der Waals surface area (Å²) in [6.45, 7) is 5.80. The largest absolute Gasteiger partial charge is 0.321 e. The van der Waals surface area contributed by atoms with Crippen LogP contribution in [0.4, 0.5) is 0 Å². The molecule has 0 saturated heterocycles. The molecular weight excluding hydrogens is 270 g/mol. The maximum Gasteiger partial charge on any atom is 0.155 e. The van der Waals surface area contributed by atoms with Crippen LogP contribution in [0, 0.1) is 12.8 Å². The molecule has 1 unspecified atom stereocenters. The number of carbonyl (C=O) groups is 1. The number of ketones is 1. The van der Waals surface area contributed by atoms with Gasteiger partial charge in [0.15, 0.2) is 5.78 Å². The van der Waals surface area contributed by atoms with Crippen molar-refractivity contribution in [2.75, 3.05) is 0 Å². The summed E-state index contributed by atoms with van der Waals surface area (Å²) in [5.74, 6) is 0.222. The molecule has 0 aliphatic heterocycles. The number of Topliss-reactive ketones (excluding diaryl/α,β-unsaturated/α-hetero) is 1. The van der Waals surface area contributed by atoms with Crippen molar-refractivity contribution in [3.05, 3.63) is 15.9 Å². The lowest BCUT2D eigenvalue weighted by Gasteiger charge is -2.14. The van der Waals surface area contributed by atoms with E-state index < -0.39 is 6.04 Å². The second kappa shape index (κ2) is 5.10. The van der Waals surface area contributed by atoms with Crippen LogP contribution in [0.3, 0.4) is 0 Å². The third-order valence-corrected chi connectivity index (χ3v) is 3.72. The van der Waals surface area contributed by atoms with Crippen molar-refractivity contribution >= 4 is 21.7 Å². The lowest BCUT2D eigenvalue weighted by molar-refractivity contribution is -0.120. The lowest BCUT2D eigenvalue weighted by atomic mass is 9.98. The molecule has 0 radical (unpaired) electrons. The van der Waals surface area contributed by atoms with Crippen LogP contribution >= 0.6 is 15.9 Å². The molecule has 0 aromatic carbocycles. The van der Waals surface area contributed by atoms with Crippen LogP contribution < -0.4 is 5.73 Å². The van der Waals surface area contributed by atoms with Crippen LogP contribution in [0.25, 0.3) is 0 Å². The average Bonchev–Trinajstić information content (AvgIpc) is 2.43. The number of hydrogen-bond donors (Lipinski definition) is 1. The number of aromatic nitrogens is 2. The Bertz CT molecular complexity index is 398. The minimum absolute atomic E-state index is 0.0544. The monoisotopic (exact) mass is 287 g/mol. The first kappa shape index (κ1) is 13.4. The standard InChI is InChI=1S/C11H18BrN3O/c1-6(2)11(13)9(16)5-8-10(12)7(3)14-15(8)4/h6,11H,5,13H2,1-4H3. The number of carbonyl (C=O) groups excluding carboxylic acids is 1. The van der Waals surface area contributed by atoms with E-state index in [1.807, 2.05) is 27.8 Å². The summed E-state index contributed by atoms with van der Waals surface area (Å²) < 4.78 is 2.63. The highest BCUT2D eigenvalue weighted by Gasteiger charge is 2.21. The maximum absolute atomic E-state index is 11.9. The van der Waals surface area contributed by atoms with E-state index >= 15 is 0 Å². The van der Waals surface area contributed by atoms with E-state index in [-0.39, 0.29) is 11.7 Å².